The van der Waals surface area contributed by atoms with Gasteiger partial charge in [-0.1, -0.05) is 35.9 Å². The van der Waals surface area contributed by atoms with Gasteiger partial charge in [0.05, 0.1) is 0 Å². The van der Waals surface area contributed by atoms with E-state index in [0.717, 1.165) is 5.56 Å². The molecule has 1 unspecified atom stereocenters. The number of halogens is 3. The van der Waals surface area contributed by atoms with Gasteiger partial charge in [-0.15, -0.1) is 11.6 Å². The van der Waals surface area contributed by atoms with Gasteiger partial charge in [-0.3, -0.25) is 4.79 Å². The van der Waals surface area contributed by atoms with Gasteiger partial charge in [0.15, 0.2) is 5.78 Å². The number of benzene rings is 2. The Balaban J connectivity index is 2.28. The fourth-order valence-electron chi connectivity index (χ4n) is 1.68. The van der Waals surface area contributed by atoms with Crippen LogP contribution in [0.5, 0.6) is 0 Å². The van der Waals surface area contributed by atoms with E-state index in [1.165, 1.54) is 24.3 Å². The largest absolute Gasteiger partial charge is 0.292 e. The smallest absolute Gasteiger partial charge is 0.185 e. The van der Waals surface area contributed by atoms with Crippen LogP contribution in [-0.2, 0) is 0 Å². The van der Waals surface area contributed by atoms with Crippen molar-refractivity contribution in [3.63, 3.8) is 0 Å². The van der Waals surface area contributed by atoms with Gasteiger partial charge in [-0.25, -0.2) is 4.39 Å². The van der Waals surface area contributed by atoms with Crippen molar-refractivity contribution in [2.24, 2.45) is 0 Å². The quantitative estimate of drug-likeness (QED) is 0.578. The fraction of sp³-hybridized carbons (Fsp3) is 0.133. The first kappa shape index (κ1) is 14.0. The van der Waals surface area contributed by atoms with Crippen LogP contribution in [0.15, 0.2) is 42.5 Å². The molecule has 0 aliphatic rings. The highest BCUT2D eigenvalue weighted by Crippen LogP contribution is 2.27. The zero-order valence-electron chi connectivity index (χ0n) is 10.2. The lowest BCUT2D eigenvalue weighted by atomic mass is 10.0. The summed E-state index contributed by atoms with van der Waals surface area (Å²) in [5.74, 6) is -0.617. The van der Waals surface area contributed by atoms with Crippen molar-refractivity contribution < 1.29 is 9.18 Å². The Morgan fingerprint density at radius 1 is 1.16 bits per heavy atom. The molecule has 0 spiro atoms. The summed E-state index contributed by atoms with van der Waals surface area (Å²) in [5, 5.41) is -0.326. The van der Waals surface area contributed by atoms with Crippen molar-refractivity contribution in [2.75, 3.05) is 0 Å². The second-order valence-corrected chi connectivity index (χ2v) is 5.09. The second kappa shape index (κ2) is 5.72. The van der Waals surface area contributed by atoms with E-state index >= 15 is 0 Å². The normalized spacial score (nSPS) is 12.2. The lowest BCUT2D eigenvalue weighted by Gasteiger charge is -2.10. The molecule has 98 valence electrons. The van der Waals surface area contributed by atoms with Gasteiger partial charge in [0.25, 0.3) is 0 Å². The maximum Gasteiger partial charge on any atom is 0.185 e. The number of Topliss-reactive ketones (excluding diaryl/α,β-unsaturated/α-hetero) is 1. The maximum atomic E-state index is 12.8. The van der Waals surface area contributed by atoms with Gasteiger partial charge in [-0.2, -0.15) is 0 Å². The molecule has 0 aliphatic heterocycles. The molecule has 2 aromatic rings. The molecule has 2 rings (SSSR count). The molecule has 19 heavy (non-hydrogen) atoms. The number of hydrogen-bond acceptors (Lipinski definition) is 1. The van der Waals surface area contributed by atoms with Crippen LogP contribution in [0.4, 0.5) is 4.39 Å². The van der Waals surface area contributed by atoms with Crippen LogP contribution in [0.2, 0.25) is 5.02 Å². The standard InChI is InChI=1S/C15H11Cl2FO/c1-9-2-3-11(8-13(9)16)15(19)14(17)10-4-6-12(18)7-5-10/h2-8,14H,1H3. The summed E-state index contributed by atoms with van der Waals surface area (Å²) in [7, 11) is 0. The highest BCUT2D eigenvalue weighted by Gasteiger charge is 2.19. The van der Waals surface area contributed by atoms with E-state index in [9.17, 15) is 9.18 Å². The maximum absolute atomic E-state index is 12.8. The number of alkyl halides is 1. The lowest BCUT2D eigenvalue weighted by molar-refractivity contribution is 0.0987. The van der Waals surface area contributed by atoms with E-state index in [0.29, 0.717) is 16.1 Å². The van der Waals surface area contributed by atoms with Crippen molar-refractivity contribution in [3.05, 3.63) is 70.0 Å². The number of ketones is 1. The van der Waals surface area contributed by atoms with Gasteiger partial charge in [-0.05, 0) is 36.2 Å². The Bertz CT molecular complexity index is 608. The Morgan fingerprint density at radius 3 is 2.37 bits per heavy atom. The molecule has 0 aromatic heterocycles. The molecule has 0 saturated carbocycles. The summed E-state index contributed by atoms with van der Waals surface area (Å²) in [4.78, 5) is 12.2. The van der Waals surface area contributed by atoms with Gasteiger partial charge in [0.2, 0.25) is 0 Å². The van der Waals surface area contributed by atoms with Crippen LogP contribution >= 0.6 is 23.2 Å². The van der Waals surface area contributed by atoms with Crippen LogP contribution in [0.1, 0.15) is 26.9 Å². The molecule has 1 nitrogen and oxygen atoms in total. The van der Waals surface area contributed by atoms with E-state index in [-0.39, 0.29) is 11.6 Å². The number of carbonyl (C=O) groups is 1. The summed E-state index contributed by atoms with van der Waals surface area (Å²) in [6, 6.07) is 10.6. The first-order valence-electron chi connectivity index (χ1n) is 5.69. The molecule has 0 N–H and O–H groups in total. The van der Waals surface area contributed by atoms with Crippen LogP contribution in [0, 0.1) is 12.7 Å². The van der Waals surface area contributed by atoms with Crippen molar-refractivity contribution in [3.8, 4) is 0 Å². The molecule has 0 bridgehead atoms. The van der Waals surface area contributed by atoms with Crippen LogP contribution < -0.4 is 0 Å². The minimum atomic E-state index is -0.848. The van der Waals surface area contributed by atoms with Crippen molar-refractivity contribution in [1.29, 1.82) is 0 Å². The minimum Gasteiger partial charge on any atom is -0.292 e. The Morgan fingerprint density at radius 2 is 1.79 bits per heavy atom. The molecule has 0 fully saturated rings. The summed E-state index contributed by atoms with van der Waals surface area (Å²) in [5.41, 5.74) is 1.90. The Kier molecular flexibility index (Phi) is 4.23. The average molecular weight is 297 g/mol. The fourth-order valence-corrected chi connectivity index (χ4v) is 2.13. The van der Waals surface area contributed by atoms with Crippen molar-refractivity contribution in [1.82, 2.24) is 0 Å². The SMILES string of the molecule is Cc1ccc(C(=O)C(Cl)c2ccc(F)cc2)cc1Cl. The summed E-state index contributed by atoms with van der Waals surface area (Å²) >= 11 is 12.1. The molecule has 2 aromatic carbocycles. The third-order valence-electron chi connectivity index (χ3n) is 2.85. The van der Waals surface area contributed by atoms with Crippen molar-refractivity contribution in [2.45, 2.75) is 12.3 Å². The predicted molar refractivity (Wildman–Crippen MR) is 75.5 cm³/mol. The molecule has 0 radical (unpaired) electrons. The van der Waals surface area contributed by atoms with Crippen LogP contribution in [0.25, 0.3) is 0 Å². The van der Waals surface area contributed by atoms with E-state index in [1.807, 2.05) is 6.92 Å². The zero-order valence-corrected chi connectivity index (χ0v) is 11.7. The van der Waals surface area contributed by atoms with E-state index in [4.69, 9.17) is 23.2 Å². The molecular weight excluding hydrogens is 286 g/mol. The minimum absolute atomic E-state index is 0.254. The molecule has 0 saturated heterocycles. The molecule has 0 aliphatic carbocycles. The number of hydrogen-bond donors (Lipinski definition) is 0. The number of carbonyl (C=O) groups excluding carboxylic acids is 1. The van der Waals surface area contributed by atoms with E-state index in [2.05, 4.69) is 0 Å². The van der Waals surface area contributed by atoms with E-state index in [1.54, 1.807) is 18.2 Å². The topological polar surface area (TPSA) is 17.1 Å². The van der Waals surface area contributed by atoms with Crippen LogP contribution in [0.3, 0.4) is 0 Å². The summed E-state index contributed by atoms with van der Waals surface area (Å²) in [6.45, 7) is 1.86. The molecule has 0 heterocycles. The first-order valence-corrected chi connectivity index (χ1v) is 6.50. The third kappa shape index (κ3) is 3.14. The van der Waals surface area contributed by atoms with Crippen molar-refractivity contribution >= 4 is 29.0 Å². The Hall–Kier alpha value is -1.38. The van der Waals surface area contributed by atoms with Gasteiger partial charge in [0.1, 0.15) is 11.2 Å². The summed E-state index contributed by atoms with van der Waals surface area (Å²) in [6.07, 6.45) is 0. The first-order chi connectivity index (χ1) is 8.99. The number of aryl methyl sites for hydroxylation is 1. The summed E-state index contributed by atoms with van der Waals surface area (Å²) < 4.78 is 12.8. The highest BCUT2D eigenvalue weighted by atomic mass is 35.5. The van der Waals surface area contributed by atoms with Crippen LogP contribution in [-0.4, -0.2) is 5.78 Å². The van der Waals surface area contributed by atoms with Gasteiger partial charge in [0, 0.05) is 10.6 Å². The second-order valence-electron chi connectivity index (χ2n) is 4.24. The molecular formula is C15H11Cl2FO. The zero-order chi connectivity index (χ0) is 14.0. The monoisotopic (exact) mass is 296 g/mol. The Labute approximate surface area is 121 Å². The van der Waals surface area contributed by atoms with Gasteiger partial charge >= 0.3 is 0 Å². The lowest BCUT2D eigenvalue weighted by Crippen LogP contribution is -2.07. The third-order valence-corrected chi connectivity index (χ3v) is 3.71. The molecule has 4 heteroatoms. The highest BCUT2D eigenvalue weighted by molar-refractivity contribution is 6.35. The molecule has 1 atom stereocenters. The average Bonchev–Trinajstić information content (AvgIpc) is 2.41. The molecule has 0 amide bonds. The number of rotatable bonds is 3. The predicted octanol–water partition coefficient (Wildman–Crippen LogP) is 4.95. The van der Waals surface area contributed by atoms with Gasteiger partial charge < -0.3 is 0 Å². The van der Waals surface area contributed by atoms with E-state index < -0.39 is 5.38 Å².